The molecule has 0 N–H and O–H groups in total. The summed E-state index contributed by atoms with van der Waals surface area (Å²) in [6.45, 7) is 2.17. The summed E-state index contributed by atoms with van der Waals surface area (Å²) in [5.41, 5.74) is 3.33. The van der Waals surface area contributed by atoms with Gasteiger partial charge in [-0.3, -0.25) is 0 Å². The topological polar surface area (TPSA) is 9.23 Å². The van der Waals surface area contributed by atoms with Crippen molar-refractivity contribution in [1.29, 1.82) is 0 Å². The van der Waals surface area contributed by atoms with Crippen molar-refractivity contribution in [2.45, 2.75) is 44.1 Å². The van der Waals surface area contributed by atoms with Gasteiger partial charge in [0.25, 0.3) is 0 Å². The number of alkyl halides is 1. The highest BCUT2D eigenvalue weighted by Gasteiger charge is 2.36. The molecule has 1 nitrogen and oxygen atoms in total. The fraction of sp³-hybridized carbons (Fsp3) is 0.600. The van der Waals surface area contributed by atoms with Crippen molar-refractivity contribution in [1.82, 2.24) is 0 Å². The zero-order valence-electron chi connectivity index (χ0n) is 10.7. The van der Waals surface area contributed by atoms with Gasteiger partial charge in [0.2, 0.25) is 0 Å². The van der Waals surface area contributed by atoms with Crippen LogP contribution in [0.5, 0.6) is 0 Å². The maximum absolute atomic E-state index is 5.47. The summed E-state index contributed by atoms with van der Waals surface area (Å²) >= 11 is 3.74. The van der Waals surface area contributed by atoms with Crippen LogP contribution in [0, 0.1) is 0 Å². The van der Waals surface area contributed by atoms with Crippen molar-refractivity contribution in [3.8, 4) is 0 Å². The lowest BCUT2D eigenvalue weighted by molar-refractivity contribution is 0.0870. The van der Waals surface area contributed by atoms with Crippen molar-refractivity contribution in [2.24, 2.45) is 0 Å². The van der Waals surface area contributed by atoms with Gasteiger partial charge in [-0.05, 0) is 43.7 Å². The molecule has 2 atom stereocenters. The third kappa shape index (κ3) is 2.58. The number of ether oxygens (including phenoxy) is 1. The summed E-state index contributed by atoms with van der Waals surface area (Å²) in [6.07, 6.45) is 5.21. The Morgan fingerprint density at radius 2 is 2.18 bits per heavy atom. The molecule has 0 aliphatic heterocycles. The van der Waals surface area contributed by atoms with E-state index in [2.05, 4.69) is 47.1 Å². The monoisotopic (exact) mass is 296 g/mol. The number of aryl methyl sites for hydroxylation is 1. The molecule has 94 valence electrons. The molecule has 0 heterocycles. The highest BCUT2D eigenvalue weighted by atomic mass is 79.9. The van der Waals surface area contributed by atoms with Crippen LogP contribution in [0.2, 0.25) is 0 Å². The van der Waals surface area contributed by atoms with E-state index in [1.54, 1.807) is 7.11 Å². The van der Waals surface area contributed by atoms with Crippen molar-refractivity contribution in [2.75, 3.05) is 12.4 Å². The number of methoxy groups -OCH3 is 1. The second-order valence-corrected chi connectivity index (χ2v) is 5.74. The fourth-order valence-corrected chi connectivity index (χ4v) is 3.86. The van der Waals surface area contributed by atoms with Crippen LogP contribution in [0.3, 0.4) is 0 Å². The van der Waals surface area contributed by atoms with Crippen LogP contribution >= 0.6 is 15.9 Å². The minimum Gasteiger partial charge on any atom is -0.382 e. The maximum atomic E-state index is 5.47. The number of hydrogen-bond acceptors (Lipinski definition) is 1. The zero-order valence-corrected chi connectivity index (χ0v) is 12.3. The van der Waals surface area contributed by atoms with Gasteiger partial charge in [-0.25, -0.2) is 0 Å². The number of rotatable bonds is 4. The molecule has 2 unspecified atom stereocenters. The largest absolute Gasteiger partial charge is 0.382 e. The predicted molar refractivity (Wildman–Crippen MR) is 75.9 cm³/mol. The van der Waals surface area contributed by atoms with E-state index in [-0.39, 0.29) is 5.41 Å². The molecule has 0 fully saturated rings. The number of halogens is 1. The average Bonchev–Trinajstić information content (AvgIpc) is 2.39. The van der Waals surface area contributed by atoms with Crippen molar-refractivity contribution >= 4 is 15.9 Å². The normalized spacial score (nSPS) is 25.4. The standard InChI is InChI=1S/C15H21BrO/c1-12(17-2)10-15(11-16)9-5-7-13-6-3-4-8-14(13)15/h3-4,6,8,12H,5,7,9-11H2,1-2H3. The molecule has 1 aliphatic carbocycles. The van der Waals surface area contributed by atoms with Crippen LogP contribution < -0.4 is 0 Å². The first-order valence-corrected chi connectivity index (χ1v) is 7.51. The molecule has 1 aliphatic rings. The Morgan fingerprint density at radius 1 is 1.41 bits per heavy atom. The molecule has 0 spiro atoms. The number of benzene rings is 1. The second kappa shape index (κ2) is 5.53. The van der Waals surface area contributed by atoms with Crippen molar-refractivity contribution in [3.63, 3.8) is 0 Å². The lowest BCUT2D eigenvalue weighted by Gasteiger charge is -2.39. The van der Waals surface area contributed by atoms with E-state index in [1.807, 2.05) is 0 Å². The molecular weight excluding hydrogens is 276 g/mol. The lowest BCUT2D eigenvalue weighted by Crippen LogP contribution is -2.36. The summed E-state index contributed by atoms with van der Waals surface area (Å²) < 4.78 is 5.47. The Balaban J connectivity index is 2.35. The first-order chi connectivity index (χ1) is 8.22. The predicted octanol–water partition coefficient (Wildman–Crippen LogP) is 4.08. The van der Waals surface area contributed by atoms with Gasteiger partial charge in [0.15, 0.2) is 0 Å². The molecule has 1 aromatic rings. The third-order valence-corrected chi connectivity index (χ3v) is 5.10. The SMILES string of the molecule is COC(C)CC1(CBr)CCCc2ccccc21. The fourth-order valence-electron chi connectivity index (χ4n) is 3.05. The Morgan fingerprint density at radius 3 is 2.88 bits per heavy atom. The number of fused-ring (bicyclic) bond motifs is 1. The lowest BCUT2D eigenvalue weighted by atomic mass is 9.68. The van der Waals surface area contributed by atoms with Crippen LogP contribution in [0.15, 0.2) is 24.3 Å². The van der Waals surface area contributed by atoms with Crippen molar-refractivity contribution in [3.05, 3.63) is 35.4 Å². The number of hydrogen-bond donors (Lipinski definition) is 0. The Bertz CT molecular complexity index is 377. The molecule has 0 radical (unpaired) electrons. The van der Waals surface area contributed by atoms with Gasteiger partial charge in [0.05, 0.1) is 6.10 Å². The quantitative estimate of drug-likeness (QED) is 0.761. The Labute approximate surface area is 113 Å². The summed E-state index contributed by atoms with van der Waals surface area (Å²) in [6, 6.07) is 8.91. The van der Waals surface area contributed by atoms with Crippen LogP contribution in [0.1, 0.15) is 37.3 Å². The first-order valence-electron chi connectivity index (χ1n) is 6.39. The van der Waals surface area contributed by atoms with E-state index in [0.717, 1.165) is 11.8 Å². The molecule has 0 bridgehead atoms. The van der Waals surface area contributed by atoms with Gasteiger partial charge >= 0.3 is 0 Å². The van der Waals surface area contributed by atoms with Crippen LogP contribution in [-0.2, 0) is 16.6 Å². The van der Waals surface area contributed by atoms with E-state index in [4.69, 9.17) is 4.74 Å². The third-order valence-electron chi connectivity index (χ3n) is 4.03. The molecular formula is C15H21BrO. The molecule has 2 heteroatoms. The summed E-state index contributed by atoms with van der Waals surface area (Å²) in [4.78, 5) is 0. The van der Waals surface area contributed by atoms with Crippen LogP contribution in [0.4, 0.5) is 0 Å². The van der Waals surface area contributed by atoms with Gasteiger partial charge in [-0.2, -0.15) is 0 Å². The van der Waals surface area contributed by atoms with E-state index < -0.39 is 0 Å². The van der Waals surface area contributed by atoms with E-state index in [1.165, 1.54) is 30.4 Å². The summed E-state index contributed by atoms with van der Waals surface area (Å²) in [5.74, 6) is 0. The highest BCUT2D eigenvalue weighted by molar-refractivity contribution is 9.09. The van der Waals surface area contributed by atoms with Crippen LogP contribution in [-0.4, -0.2) is 18.5 Å². The van der Waals surface area contributed by atoms with Gasteiger partial charge in [-0.1, -0.05) is 40.2 Å². The van der Waals surface area contributed by atoms with E-state index >= 15 is 0 Å². The molecule has 1 aromatic carbocycles. The highest BCUT2D eigenvalue weighted by Crippen LogP contribution is 2.42. The smallest absolute Gasteiger partial charge is 0.0552 e. The van der Waals surface area contributed by atoms with Crippen LogP contribution in [0.25, 0.3) is 0 Å². The van der Waals surface area contributed by atoms with E-state index in [0.29, 0.717) is 6.10 Å². The zero-order chi connectivity index (χ0) is 12.3. The molecule has 0 amide bonds. The van der Waals surface area contributed by atoms with Gasteiger partial charge in [0, 0.05) is 17.9 Å². The summed E-state index contributed by atoms with van der Waals surface area (Å²) in [7, 11) is 1.81. The van der Waals surface area contributed by atoms with E-state index in [9.17, 15) is 0 Å². The minimum absolute atomic E-state index is 0.268. The average molecular weight is 297 g/mol. The molecule has 0 saturated carbocycles. The molecule has 17 heavy (non-hydrogen) atoms. The molecule has 0 saturated heterocycles. The van der Waals surface area contributed by atoms with Gasteiger partial charge in [-0.15, -0.1) is 0 Å². The van der Waals surface area contributed by atoms with Gasteiger partial charge in [0.1, 0.15) is 0 Å². The molecule has 2 rings (SSSR count). The first kappa shape index (κ1) is 13.1. The Kier molecular flexibility index (Phi) is 4.26. The second-order valence-electron chi connectivity index (χ2n) is 5.18. The minimum atomic E-state index is 0.268. The Hall–Kier alpha value is -0.340. The van der Waals surface area contributed by atoms with Crippen molar-refractivity contribution < 1.29 is 4.74 Å². The summed E-state index contributed by atoms with van der Waals surface area (Å²) in [5, 5.41) is 1.03. The van der Waals surface area contributed by atoms with Gasteiger partial charge < -0.3 is 4.74 Å². The maximum Gasteiger partial charge on any atom is 0.0552 e. The molecule has 0 aromatic heterocycles.